The number of carbonyl (C=O) groups excluding carboxylic acids is 3. The largest absolute Gasteiger partial charge is 0.524 e. The summed E-state index contributed by atoms with van der Waals surface area (Å²) >= 11 is 0. The molecule has 0 radical (unpaired) electrons. The van der Waals surface area contributed by atoms with E-state index in [0.717, 1.165) is 0 Å². The van der Waals surface area contributed by atoms with Crippen LogP contribution in [0.5, 0.6) is 23.0 Å². The average molecular weight is 390 g/mol. The Labute approximate surface area is 160 Å². The van der Waals surface area contributed by atoms with E-state index < -0.39 is 18.1 Å². The third-order valence-corrected chi connectivity index (χ3v) is 3.61. The maximum absolute atomic E-state index is 12.2. The molecule has 9 nitrogen and oxygen atoms in total. The highest BCUT2D eigenvalue weighted by Gasteiger charge is 2.23. The zero-order valence-corrected chi connectivity index (χ0v) is 15.6. The van der Waals surface area contributed by atoms with Gasteiger partial charge in [-0.2, -0.15) is 0 Å². The number of carbonyl (C=O) groups is 3. The van der Waals surface area contributed by atoms with Gasteiger partial charge in [-0.3, -0.25) is 0 Å². The zero-order valence-electron chi connectivity index (χ0n) is 15.6. The molecule has 0 N–H and O–H groups in total. The molecule has 0 aliphatic carbocycles. The predicted octanol–water partition coefficient (Wildman–Crippen LogP) is 2.85. The minimum absolute atomic E-state index is 0.0465. The summed E-state index contributed by atoms with van der Waals surface area (Å²) in [6.45, 7) is 0. The molecule has 148 valence electrons. The van der Waals surface area contributed by atoms with E-state index in [9.17, 15) is 14.4 Å². The van der Waals surface area contributed by atoms with Crippen LogP contribution in [0.2, 0.25) is 0 Å². The normalized spacial score (nSPS) is 9.86. The van der Waals surface area contributed by atoms with Crippen LogP contribution in [0.3, 0.4) is 0 Å². The molecule has 0 saturated heterocycles. The van der Waals surface area contributed by atoms with Crippen LogP contribution in [0, 0.1) is 0 Å². The van der Waals surface area contributed by atoms with Gasteiger partial charge < -0.3 is 28.4 Å². The molecular weight excluding hydrogens is 372 g/mol. The van der Waals surface area contributed by atoms with E-state index in [1.807, 2.05) is 0 Å². The Balaban J connectivity index is 2.10. The highest BCUT2D eigenvalue weighted by Crippen LogP contribution is 2.27. The van der Waals surface area contributed by atoms with Gasteiger partial charge in [0.15, 0.2) is 0 Å². The summed E-state index contributed by atoms with van der Waals surface area (Å²) < 4.78 is 29.3. The Bertz CT molecular complexity index is 817. The second-order valence-corrected chi connectivity index (χ2v) is 5.16. The molecule has 0 bridgehead atoms. The Kier molecular flexibility index (Phi) is 6.80. The standard InChI is InChI=1S/C19H18O9/c1-23-11-5-7-13(15(9-11)25-3)17(20)27-19(22)28-18(21)14-8-6-12(24-2)10-16(14)26-4/h5-10H,1-4H3. The SMILES string of the molecule is COc1ccc(C(=O)OC(=O)OC(=O)c2ccc(OC)cc2OC)c(OC)c1. The second kappa shape index (κ2) is 9.26. The lowest BCUT2D eigenvalue weighted by Gasteiger charge is -2.10. The van der Waals surface area contributed by atoms with Gasteiger partial charge in [0.2, 0.25) is 0 Å². The lowest BCUT2D eigenvalue weighted by molar-refractivity contribution is 0.0335. The van der Waals surface area contributed by atoms with Gasteiger partial charge >= 0.3 is 18.1 Å². The predicted molar refractivity (Wildman–Crippen MR) is 95.3 cm³/mol. The second-order valence-electron chi connectivity index (χ2n) is 5.16. The Morgan fingerprint density at radius 2 is 1.00 bits per heavy atom. The third kappa shape index (κ3) is 4.70. The summed E-state index contributed by atoms with van der Waals surface area (Å²) in [5, 5.41) is 0. The van der Waals surface area contributed by atoms with Crippen molar-refractivity contribution in [1.29, 1.82) is 0 Å². The molecule has 0 aliphatic rings. The van der Waals surface area contributed by atoms with Gasteiger partial charge in [0.25, 0.3) is 0 Å². The number of benzene rings is 2. The average Bonchev–Trinajstić information content (AvgIpc) is 2.72. The maximum Gasteiger partial charge on any atom is 0.524 e. The van der Waals surface area contributed by atoms with Gasteiger partial charge in [0, 0.05) is 12.1 Å². The van der Waals surface area contributed by atoms with Crippen LogP contribution in [0.4, 0.5) is 4.79 Å². The Morgan fingerprint density at radius 3 is 1.32 bits per heavy atom. The fourth-order valence-electron chi connectivity index (χ4n) is 2.22. The molecule has 0 amide bonds. The monoisotopic (exact) mass is 390 g/mol. The molecule has 0 unspecified atom stereocenters. The van der Waals surface area contributed by atoms with Gasteiger partial charge in [-0.25, -0.2) is 14.4 Å². The van der Waals surface area contributed by atoms with E-state index in [1.54, 1.807) is 0 Å². The summed E-state index contributed by atoms with van der Waals surface area (Å²) in [6, 6.07) is 8.55. The van der Waals surface area contributed by atoms with E-state index in [4.69, 9.17) is 18.9 Å². The van der Waals surface area contributed by atoms with Gasteiger partial charge in [-0.1, -0.05) is 0 Å². The molecule has 0 atom stereocenters. The Hall–Kier alpha value is -3.75. The highest BCUT2D eigenvalue weighted by atomic mass is 16.8. The molecule has 0 fully saturated rings. The first-order chi connectivity index (χ1) is 13.4. The van der Waals surface area contributed by atoms with Crippen molar-refractivity contribution in [2.75, 3.05) is 28.4 Å². The first kappa shape index (κ1) is 20.6. The summed E-state index contributed by atoms with van der Waals surface area (Å²) in [7, 11) is 5.57. The van der Waals surface area contributed by atoms with Crippen molar-refractivity contribution in [3.63, 3.8) is 0 Å². The van der Waals surface area contributed by atoms with Crippen LogP contribution in [0.25, 0.3) is 0 Å². The summed E-state index contributed by atoms with van der Waals surface area (Å²) in [5.41, 5.74) is -0.0931. The summed E-state index contributed by atoms with van der Waals surface area (Å²) in [4.78, 5) is 36.2. The van der Waals surface area contributed by atoms with E-state index in [0.29, 0.717) is 11.5 Å². The highest BCUT2D eigenvalue weighted by molar-refractivity contribution is 6.02. The number of ether oxygens (including phenoxy) is 6. The molecule has 2 aromatic rings. The number of hydrogen-bond acceptors (Lipinski definition) is 9. The van der Waals surface area contributed by atoms with Crippen LogP contribution in [0.15, 0.2) is 36.4 Å². The minimum Gasteiger partial charge on any atom is -0.497 e. The lowest BCUT2D eigenvalue weighted by Crippen LogP contribution is -2.19. The fourth-order valence-corrected chi connectivity index (χ4v) is 2.22. The smallest absolute Gasteiger partial charge is 0.497 e. The molecule has 0 aliphatic heterocycles. The molecule has 0 aromatic heterocycles. The number of hydrogen-bond donors (Lipinski definition) is 0. The van der Waals surface area contributed by atoms with Gasteiger partial charge in [-0.05, 0) is 24.3 Å². The van der Waals surface area contributed by atoms with E-state index in [1.165, 1.54) is 64.8 Å². The fraction of sp³-hybridized carbons (Fsp3) is 0.211. The summed E-state index contributed by atoms with van der Waals surface area (Å²) in [5.74, 6) is -0.978. The molecule has 2 rings (SSSR count). The van der Waals surface area contributed by atoms with Crippen LogP contribution < -0.4 is 18.9 Å². The summed E-state index contributed by atoms with van der Waals surface area (Å²) in [6.07, 6.45) is -1.49. The van der Waals surface area contributed by atoms with Crippen molar-refractivity contribution in [1.82, 2.24) is 0 Å². The van der Waals surface area contributed by atoms with Crippen molar-refractivity contribution in [2.45, 2.75) is 0 Å². The first-order valence-corrected chi connectivity index (χ1v) is 7.85. The molecule has 0 saturated carbocycles. The van der Waals surface area contributed by atoms with Crippen molar-refractivity contribution in [2.24, 2.45) is 0 Å². The molecule has 0 spiro atoms. The molecular formula is C19H18O9. The minimum atomic E-state index is -1.49. The van der Waals surface area contributed by atoms with Crippen molar-refractivity contribution >= 4 is 18.1 Å². The molecule has 2 aromatic carbocycles. The number of methoxy groups -OCH3 is 4. The van der Waals surface area contributed by atoms with Crippen LogP contribution >= 0.6 is 0 Å². The zero-order chi connectivity index (χ0) is 20.7. The molecule has 9 heteroatoms. The topological polar surface area (TPSA) is 107 Å². The molecule has 28 heavy (non-hydrogen) atoms. The lowest BCUT2D eigenvalue weighted by atomic mass is 10.2. The first-order valence-electron chi connectivity index (χ1n) is 7.85. The van der Waals surface area contributed by atoms with Gasteiger partial charge in [-0.15, -0.1) is 0 Å². The number of rotatable bonds is 6. The van der Waals surface area contributed by atoms with E-state index in [-0.39, 0.29) is 22.6 Å². The third-order valence-electron chi connectivity index (χ3n) is 3.61. The van der Waals surface area contributed by atoms with Crippen molar-refractivity contribution in [3.8, 4) is 23.0 Å². The molecule has 0 heterocycles. The van der Waals surface area contributed by atoms with E-state index >= 15 is 0 Å². The Morgan fingerprint density at radius 1 is 0.607 bits per heavy atom. The maximum atomic E-state index is 12.2. The quantitative estimate of drug-likeness (QED) is 0.543. The van der Waals surface area contributed by atoms with E-state index in [2.05, 4.69) is 9.47 Å². The van der Waals surface area contributed by atoms with Gasteiger partial charge in [0.1, 0.15) is 34.1 Å². The number of esters is 2. The van der Waals surface area contributed by atoms with Crippen LogP contribution in [-0.4, -0.2) is 46.5 Å². The van der Waals surface area contributed by atoms with Crippen molar-refractivity contribution < 1.29 is 42.8 Å². The van der Waals surface area contributed by atoms with Crippen LogP contribution in [-0.2, 0) is 9.47 Å². The van der Waals surface area contributed by atoms with Gasteiger partial charge in [0.05, 0.1) is 28.4 Å². The van der Waals surface area contributed by atoms with Crippen LogP contribution in [0.1, 0.15) is 20.7 Å². The van der Waals surface area contributed by atoms with Crippen molar-refractivity contribution in [3.05, 3.63) is 47.5 Å².